The summed E-state index contributed by atoms with van der Waals surface area (Å²) >= 11 is 0. The Labute approximate surface area is 279 Å². The Morgan fingerprint density at radius 3 is 2.32 bits per heavy atom. The number of hydrogen-bond acceptors (Lipinski definition) is 5. The highest BCUT2D eigenvalue weighted by Crippen LogP contribution is 2.43. The van der Waals surface area contributed by atoms with E-state index < -0.39 is 6.29 Å². The van der Waals surface area contributed by atoms with Gasteiger partial charge in [-0.2, -0.15) is 0 Å². The third kappa shape index (κ3) is 8.09. The predicted octanol–water partition coefficient (Wildman–Crippen LogP) is 8.00. The first-order valence-corrected chi connectivity index (χ1v) is 16.9. The van der Waals surface area contributed by atoms with Gasteiger partial charge in [0.1, 0.15) is 0 Å². The lowest BCUT2D eigenvalue weighted by atomic mass is 9.89. The summed E-state index contributed by atoms with van der Waals surface area (Å²) in [5, 5.41) is 12.7. The molecule has 2 aliphatic rings. The number of carbonyl (C=O) groups excluding carboxylic acids is 1. The van der Waals surface area contributed by atoms with Crippen LogP contribution in [-0.4, -0.2) is 41.1 Å². The van der Waals surface area contributed by atoms with Crippen molar-refractivity contribution >= 4 is 5.91 Å². The van der Waals surface area contributed by atoms with Crippen LogP contribution in [0.4, 0.5) is 0 Å². The maximum atomic E-state index is 12.6. The molecule has 0 aromatic heterocycles. The number of hydrogen-bond donors (Lipinski definition) is 2. The summed E-state index contributed by atoms with van der Waals surface area (Å²) in [4.78, 5) is 15.2. The van der Waals surface area contributed by atoms with E-state index in [1.807, 2.05) is 60.7 Å². The molecule has 4 aromatic rings. The monoisotopic (exact) mass is 630 g/mol. The number of amides is 1. The van der Waals surface area contributed by atoms with Crippen LogP contribution >= 0.6 is 0 Å². The molecule has 47 heavy (non-hydrogen) atoms. The van der Waals surface area contributed by atoms with Crippen LogP contribution in [0.15, 0.2) is 116 Å². The zero-order chi connectivity index (χ0) is 32.6. The highest BCUT2D eigenvalue weighted by molar-refractivity contribution is 5.94. The molecule has 244 valence electrons. The van der Waals surface area contributed by atoms with Gasteiger partial charge >= 0.3 is 0 Å². The minimum absolute atomic E-state index is 0.0149. The van der Waals surface area contributed by atoms with E-state index in [0.717, 1.165) is 46.5 Å². The number of aliphatic hydroxyl groups is 1. The van der Waals surface area contributed by atoms with Crippen LogP contribution in [0, 0.1) is 5.92 Å². The first-order valence-electron chi connectivity index (χ1n) is 16.9. The summed E-state index contributed by atoms with van der Waals surface area (Å²) < 4.78 is 13.6. The number of nitrogens with one attached hydrogen (secondary N) is 1. The van der Waals surface area contributed by atoms with Crippen LogP contribution in [0.1, 0.15) is 77.6 Å². The van der Waals surface area contributed by atoms with Gasteiger partial charge in [0.15, 0.2) is 6.29 Å². The molecule has 0 unspecified atom stereocenters. The second-order valence-electron chi connectivity index (χ2n) is 12.9. The Bertz CT molecular complexity index is 1620. The molecule has 2 fully saturated rings. The highest BCUT2D eigenvalue weighted by Gasteiger charge is 2.40. The van der Waals surface area contributed by atoms with Crippen molar-refractivity contribution in [2.24, 2.45) is 5.92 Å². The molecule has 6 rings (SSSR count). The van der Waals surface area contributed by atoms with Crippen LogP contribution in [0.3, 0.4) is 0 Å². The molecule has 1 aliphatic carbocycles. The minimum Gasteiger partial charge on any atom is -0.392 e. The molecule has 4 aromatic carbocycles. The maximum Gasteiger partial charge on any atom is 0.251 e. The van der Waals surface area contributed by atoms with Crippen molar-refractivity contribution in [3.63, 3.8) is 0 Å². The Kier molecular flexibility index (Phi) is 11.0. The standard InChI is InChI=1S/C41H46N2O4/c1-3-23-43(37-17-7-8-18-37)27-38-29(2)39(32-21-19-30(28-44)20-22-32)47-41(46-38)36-16-10-15-35(25-36)34-14-9-11-31(24-34)26-42-40(45)33-12-5-4-6-13-33/h3-6,9-16,19-22,24-25,29,37-39,41,44H,1,7-8,17-18,23,26-28H2,2H3,(H,42,45)/t29-,38+,39+,41+/m0/s1. The van der Waals surface area contributed by atoms with Crippen molar-refractivity contribution in [3.05, 3.63) is 144 Å². The van der Waals surface area contributed by atoms with E-state index in [2.05, 4.69) is 72.3 Å². The van der Waals surface area contributed by atoms with E-state index in [-0.39, 0.29) is 30.6 Å². The lowest BCUT2D eigenvalue weighted by Gasteiger charge is -2.43. The number of benzene rings is 4. The smallest absolute Gasteiger partial charge is 0.251 e. The molecule has 2 N–H and O–H groups in total. The molecule has 6 heteroatoms. The van der Waals surface area contributed by atoms with E-state index in [1.54, 1.807) is 0 Å². The molecule has 4 atom stereocenters. The fourth-order valence-corrected chi connectivity index (χ4v) is 6.97. The van der Waals surface area contributed by atoms with Gasteiger partial charge in [-0.15, -0.1) is 6.58 Å². The van der Waals surface area contributed by atoms with Gasteiger partial charge in [0.2, 0.25) is 0 Å². The molecule has 0 radical (unpaired) electrons. The summed E-state index contributed by atoms with van der Waals surface area (Å²) in [6, 6.07) is 34.6. The second-order valence-corrected chi connectivity index (χ2v) is 12.9. The molecule has 1 heterocycles. The van der Waals surface area contributed by atoms with Crippen LogP contribution in [0.25, 0.3) is 11.1 Å². The number of carbonyl (C=O) groups is 1. The van der Waals surface area contributed by atoms with Gasteiger partial charge in [-0.05, 0) is 64.9 Å². The van der Waals surface area contributed by atoms with Gasteiger partial charge in [-0.1, -0.05) is 105 Å². The van der Waals surface area contributed by atoms with E-state index in [1.165, 1.54) is 25.7 Å². The largest absolute Gasteiger partial charge is 0.392 e. The predicted molar refractivity (Wildman–Crippen MR) is 186 cm³/mol. The fourth-order valence-electron chi connectivity index (χ4n) is 6.97. The lowest BCUT2D eigenvalue weighted by molar-refractivity contribution is -0.276. The van der Waals surface area contributed by atoms with Crippen molar-refractivity contribution < 1.29 is 19.4 Å². The summed E-state index contributed by atoms with van der Waals surface area (Å²) in [6.45, 7) is 8.40. The quantitative estimate of drug-likeness (QED) is 0.155. The third-order valence-corrected chi connectivity index (χ3v) is 9.65. The normalized spacial score (nSPS) is 21.5. The molecule has 0 spiro atoms. The molecule has 0 bridgehead atoms. The summed E-state index contributed by atoms with van der Waals surface area (Å²) in [5.74, 6) is 0.0272. The van der Waals surface area contributed by atoms with Crippen LogP contribution in [0.2, 0.25) is 0 Å². The Balaban J connectivity index is 1.24. The number of rotatable bonds is 12. The zero-order valence-corrected chi connectivity index (χ0v) is 27.3. The molecular formula is C41H46N2O4. The Morgan fingerprint density at radius 1 is 0.872 bits per heavy atom. The van der Waals surface area contributed by atoms with Gasteiger partial charge in [0.25, 0.3) is 5.91 Å². The number of nitrogens with zero attached hydrogens (tertiary/aromatic N) is 1. The van der Waals surface area contributed by atoms with E-state index in [9.17, 15) is 9.90 Å². The lowest BCUT2D eigenvalue weighted by Crippen LogP contribution is -2.47. The van der Waals surface area contributed by atoms with Gasteiger partial charge < -0.3 is 19.9 Å². The molecular weight excluding hydrogens is 584 g/mol. The first-order chi connectivity index (χ1) is 23.0. The van der Waals surface area contributed by atoms with Gasteiger partial charge in [-0.25, -0.2) is 0 Å². The van der Waals surface area contributed by atoms with E-state index >= 15 is 0 Å². The van der Waals surface area contributed by atoms with Gasteiger partial charge in [0.05, 0.1) is 18.8 Å². The fraction of sp³-hybridized carbons (Fsp3) is 0.341. The highest BCUT2D eigenvalue weighted by atomic mass is 16.7. The van der Waals surface area contributed by atoms with Gasteiger partial charge in [-0.3, -0.25) is 9.69 Å². The van der Waals surface area contributed by atoms with Crippen LogP contribution in [-0.2, 0) is 22.6 Å². The van der Waals surface area contributed by atoms with Crippen molar-refractivity contribution in [3.8, 4) is 11.1 Å². The van der Waals surface area contributed by atoms with Crippen molar-refractivity contribution in [1.29, 1.82) is 0 Å². The second kappa shape index (κ2) is 15.7. The van der Waals surface area contributed by atoms with Crippen molar-refractivity contribution in [1.82, 2.24) is 10.2 Å². The number of aliphatic hydroxyl groups excluding tert-OH is 1. The summed E-state index contributed by atoms with van der Waals surface area (Å²) in [5.41, 5.74) is 6.74. The van der Waals surface area contributed by atoms with Crippen LogP contribution < -0.4 is 5.32 Å². The topological polar surface area (TPSA) is 71.0 Å². The van der Waals surface area contributed by atoms with Crippen molar-refractivity contribution in [2.75, 3.05) is 13.1 Å². The van der Waals surface area contributed by atoms with Gasteiger partial charge in [0, 0.05) is 42.7 Å². The summed E-state index contributed by atoms with van der Waals surface area (Å²) in [7, 11) is 0. The molecule has 1 saturated carbocycles. The van der Waals surface area contributed by atoms with Crippen LogP contribution in [0.5, 0.6) is 0 Å². The Morgan fingerprint density at radius 2 is 1.60 bits per heavy atom. The van der Waals surface area contributed by atoms with Crippen molar-refractivity contribution in [2.45, 2.75) is 70.3 Å². The summed E-state index contributed by atoms with van der Waals surface area (Å²) in [6.07, 6.45) is 6.25. The Hall–Kier alpha value is -4.07. The number of ether oxygens (including phenoxy) is 2. The minimum atomic E-state index is -0.541. The molecule has 1 amide bonds. The molecule has 1 saturated heterocycles. The third-order valence-electron chi connectivity index (χ3n) is 9.65. The zero-order valence-electron chi connectivity index (χ0n) is 27.3. The first kappa shape index (κ1) is 32.9. The average molecular weight is 631 g/mol. The molecule has 6 nitrogen and oxygen atoms in total. The van der Waals surface area contributed by atoms with E-state index in [0.29, 0.717) is 18.2 Å². The average Bonchev–Trinajstić information content (AvgIpc) is 3.67. The van der Waals surface area contributed by atoms with E-state index in [4.69, 9.17) is 9.47 Å². The SMILES string of the molecule is C=CCN(C[C@H]1O[C@@H](c2cccc(-c3cccc(CNC(=O)c4ccccc4)c3)c2)O[C@@H](c2ccc(CO)cc2)[C@H]1C)C1CCCC1. The maximum absolute atomic E-state index is 12.6. The molecule has 1 aliphatic heterocycles.